The topological polar surface area (TPSA) is 63.3 Å². The Kier molecular flexibility index (Phi) is 1.73. The van der Waals surface area contributed by atoms with Crippen LogP contribution >= 0.6 is 0 Å². The van der Waals surface area contributed by atoms with Crippen LogP contribution < -0.4 is 0 Å². The summed E-state index contributed by atoms with van der Waals surface area (Å²) in [6.45, 7) is 0. The Morgan fingerprint density at radius 2 is 2.38 bits per heavy atom. The first-order valence-corrected chi connectivity index (χ1v) is 3.80. The van der Waals surface area contributed by atoms with E-state index in [0.717, 1.165) is 5.39 Å². The maximum Gasteiger partial charge on any atom is 0.309 e. The highest BCUT2D eigenvalue weighted by Gasteiger charge is 2.07. The van der Waals surface area contributed by atoms with E-state index in [2.05, 4.69) is 4.98 Å². The van der Waals surface area contributed by atoms with Crippen LogP contribution in [-0.4, -0.2) is 16.1 Å². The van der Waals surface area contributed by atoms with Gasteiger partial charge in [0.15, 0.2) is 0 Å². The number of hydrogen-bond acceptors (Lipinski definition) is 3. The Bertz CT molecular complexity index is 447. The molecule has 2 rings (SSSR count). The third-order valence-electron chi connectivity index (χ3n) is 1.78. The predicted molar refractivity (Wildman–Crippen MR) is 45.3 cm³/mol. The summed E-state index contributed by atoms with van der Waals surface area (Å²) < 4.78 is 5.11. The normalized spacial score (nSPS) is 10.5. The van der Waals surface area contributed by atoms with Gasteiger partial charge in [-0.15, -0.1) is 0 Å². The van der Waals surface area contributed by atoms with Gasteiger partial charge in [-0.25, -0.2) is 0 Å². The Morgan fingerprint density at radius 1 is 1.54 bits per heavy atom. The van der Waals surface area contributed by atoms with Gasteiger partial charge in [0, 0.05) is 11.6 Å². The molecule has 0 amide bonds. The van der Waals surface area contributed by atoms with Crippen LogP contribution in [0.5, 0.6) is 0 Å². The van der Waals surface area contributed by atoms with Crippen LogP contribution in [0.4, 0.5) is 0 Å². The Labute approximate surface area is 73.8 Å². The fourth-order valence-electron chi connectivity index (χ4n) is 1.24. The molecule has 0 radical (unpaired) electrons. The molecule has 0 saturated carbocycles. The number of carboxylic acids is 1. The molecule has 0 atom stereocenters. The van der Waals surface area contributed by atoms with Crippen molar-refractivity contribution in [1.29, 1.82) is 0 Å². The van der Waals surface area contributed by atoms with E-state index in [9.17, 15) is 4.79 Å². The first-order chi connectivity index (χ1) is 6.27. The van der Waals surface area contributed by atoms with Gasteiger partial charge < -0.3 is 9.52 Å². The fraction of sp³-hybridized carbons (Fsp3) is 0.111. The van der Waals surface area contributed by atoms with Crippen molar-refractivity contribution in [3.8, 4) is 0 Å². The highest BCUT2D eigenvalue weighted by atomic mass is 16.4. The van der Waals surface area contributed by atoms with E-state index in [-0.39, 0.29) is 6.42 Å². The molecule has 0 aliphatic carbocycles. The van der Waals surface area contributed by atoms with Gasteiger partial charge in [0.2, 0.25) is 0 Å². The van der Waals surface area contributed by atoms with Crippen LogP contribution in [0.15, 0.2) is 29.0 Å². The molecule has 2 aromatic heterocycles. The minimum absolute atomic E-state index is 0.0725. The van der Waals surface area contributed by atoms with Crippen molar-refractivity contribution in [3.63, 3.8) is 0 Å². The predicted octanol–water partition coefficient (Wildman–Crippen LogP) is 1.45. The molecule has 0 spiro atoms. The van der Waals surface area contributed by atoms with Crippen molar-refractivity contribution in [1.82, 2.24) is 4.98 Å². The molecular weight excluding hydrogens is 170 g/mol. The number of hydrogen-bond donors (Lipinski definition) is 1. The molecule has 0 aliphatic heterocycles. The number of furan rings is 1. The lowest BCUT2D eigenvalue weighted by Crippen LogP contribution is -2.02. The Balaban J connectivity index is 2.54. The summed E-state index contributed by atoms with van der Waals surface area (Å²) in [6.07, 6.45) is 3.00. The molecule has 2 aromatic rings. The minimum atomic E-state index is -0.888. The van der Waals surface area contributed by atoms with Crippen LogP contribution in [0.3, 0.4) is 0 Å². The van der Waals surface area contributed by atoms with E-state index < -0.39 is 5.97 Å². The van der Waals surface area contributed by atoms with Crippen LogP contribution in [0.2, 0.25) is 0 Å². The number of pyridine rings is 1. The molecule has 2 heterocycles. The van der Waals surface area contributed by atoms with Gasteiger partial charge in [0.1, 0.15) is 5.58 Å². The van der Waals surface area contributed by atoms with E-state index >= 15 is 0 Å². The summed E-state index contributed by atoms with van der Waals surface area (Å²) in [4.78, 5) is 14.4. The van der Waals surface area contributed by atoms with E-state index in [4.69, 9.17) is 9.52 Å². The largest absolute Gasteiger partial charge is 0.481 e. The van der Waals surface area contributed by atoms with Crippen molar-refractivity contribution in [2.75, 3.05) is 0 Å². The zero-order valence-corrected chi connectivity index (χ0v) is 6.73. The molecule has 0 fully saturated rings. The van der Waals surface area contributed by atoms with E-state index in [0.29, 0.717) is 11.3 Å². The van der Waals surface area contributed by atoms with Crippen molar-refractivity contribution >= 4 is 16.9 Å². The summed E-state index contributed by atoms with van der Waals surface area (Å²) >= 11 is 0. The zero-order chi connectivity index (χ0) is 9.26. The second-order valence-electron chi connectivity index (χ2n) is 2.66. The Hall–Kier alpha value is -1.84. The summed E-state index contributed by atoms with van der Waals surface area (Å²) in [7, 11) is 0. The summed E-state index contributed by atoms with van der Waals surface area (Å²) in [6, 6.07) is 3.43. The van der Waals surface area contributed by atoms with Crippen molar-refractivity contribution in [2.45, 2.75) is 6.42 Å². The monoisotopic (exact) mass is 177 g/mol. The van der Waals surface area contributed by atoms with Crippen LogP contribution in [0.1, 0.15) is 5.69 Å². The molecule has 66 valence electrons. The number of rotatable bonds is 2. The minimum Gasteiger partial charge on any atom is -0.481 e. The molecule has 0 aliphatic rings. The fourth-order valence-corrected chi connectivity index (χ4v) is 1.24. The lowest BCUT2D eigenvalue weighted by molar-refractivity contribution is -0.136. The highest BCUT2D eigenvalue weighted by molar-refractivity contribution is 5.83. The van der Waals surface area contributed by atoms with Crippen LogP contribution in [0.25, 0.3) is 11.0 Å². The summed E-state index contributed by atoms with van der Waals surface area (Å²) in [5.41, 5.74) is 1.21. The van der Waals surface area contributed by atoms with Gasteiger partial charge in [0.05, 0.1) is 18.4 Å². The first-order valence-electron chi connectivity index (χ1n) is 3.80. The number of carbonyl (C=O) groups is 1. The number of nitrogens with zero attached hydrogens (tertiary/aromatic N) is 1. The maximum atomic E-state index is 10.5. The number of fused-ring (bicyclic) bond motifs is 1. The van der Waals surface area contributed by atoms with Crippen molar-refractivity contribution < 1.29 is 14.3 Å². The number of aromatic nitrogens is 1. The molecular formula is C9H7NO3. The SMILES string of the molecule is O=C(O)Cc1nccc2occc12. The van der Waals surface area contributed by atoms with Gasteiger partial charge >= 0.3 is 5.97 Å². The number of carboxylic acid groups (broad SMARTS) is 1. The van der Waals surface area contributed by atoms with E-state index in [1.165, 1.54) is 6.26 Å². The lowest BCUT2D eigenvalue weighted by Gasteiger charge is -1.96. The molecule has 13 heavy (non-hydrogen) atoms. The molecule has 0 aromatic carbocycles. The van der Waals surface area contributed by atoms with Gasteiger partial charge in [0.25, 0.3) is 0 Å². The molecule has 4 heteroatoms. The molecule has 4 nitrogen and oxygen atoms in total. The van der Waals surface area contributed by atoms with E-state index in [1.807, 2.05) is 0 Å². The highest BCUT2D eigenvalue weighted by Crippen LogP contribution is 2.17. The molecule has 0 unspecified atom stereocenters. The van der Waals surface area contributed by atoms with E-state index in [1.54, 1.807) is 18.3 Å². The molecule has 1 N–H and O–H groups in total. The average Bonchev–Trinajstić information content (AvgIpc) is 2.51. The standard InChI is InChI=1S/C9H7NO3/c11-9(12)5-7-6-2-4-13-8(6)1-3-10-7/h1-4H,5H2,(H,11,12). The van der Waals surface area contributed by atoms with Gasteiger partial charge in [-0.05, 0) is 12.1 Å². The van der Waals surface area contributed by atoms with Crippen LogP contribution in [-0.2, 0) is 11.2 Å². The van der Waals surface area contributed by atoms with Crippen molar-refractivity contribution in [2.24, 2.45) is 0 Å². The van der Waals surface area contributed by atoms with Crippen LogP contribution in [0, 0.1) is 0 Å². The second kappa shape index (κ2) is 2.90. The smallest absolute Gasteiger partial charge is 0.309 e. The second-order valence-corrected chi connectivity index (χ2v) is 2.66. The summed E-state index contributed by atoms with van der Waals surface area (Å²) in [5.74, 6) is -0.888. The van der Waals surface area contributed by atoms with Gasteiger partial charge in [-0.1, -0.05) is 0 Å². The maximum absolute atomic E-state index is 10.5. The first kappa shape index (κ1) is 7.79. The average molecular weight is 177 g/mol. The summed E-state index contributed by atoms with van der Waals surface area (Å²) in [5, 5.41) is 9.36. The lowest BCUT2D eigenvalue weighted by atomic mass is 10.2. The van der Waals surface area contributed by atoms with Gasteiger partial charge in [-0.2, -0.15) is 0 Å². The van der Waals surface area contributed by atoms with Gasteiger partial charge in [-0.3, -0.25) is 9.78 Å². The Morgan fingerprint density at radius 3 is 3.15 bits per heavy atom. The zero-order valence-electron chi connectivity index (χ0n) is 6.73. The molecule has 0 saturated heterocycles. The van der Waals surface area contributed by atoms with Crippen molar-refractivity contribution in [3.05, 3.63) is 30.3 Å². The third kappa shape index (κ3) is 1.38. The molecule has 0 bridgehead atoms. The third-order valence-corrected chi connectivity index (χ3v) is 1.78. The quantitative estimate of drug-likeness (QED) is 0.754. The number of aliphatic carboxylic acids is 1.